The zero-order valence-corrected chi connectivity index (χ0v) is 12.6. The van der Waals surface area contributed by atoms with Crippen molar-refractivity contribution >= 4 is 9.68 Å². The zero-order valence-electron chi connectivity index (χ0n) is 11.2. The number of hydrogen-bond acceptors (Lipinski definition) is 1. The van der Waals surface area contributed by atoms with Crippen LogP contribution in [0.2, 0.25) is 0 Å². The van der Waals surface area contributed by atoms with Crippen LogP contribution in [0.3, 0.4) is 0 Å². The largest absolute Gasteiger partial charge is 0.326 e. The van der Waals surface area contributed by atoms with Gasteiger partial charge in [-0.05, 0) is 32.4 Å². The first kappa shape index (κ1) is 14.9. The molecule has 15 heavy (non-hydrogen) atoms. The van der Waals surface area contributed by atoms with Gasteiger partial charge >= 0.3 is 0 Å². The van der Waals surface area contributed by atoms with E-state index < -0.39 is 0 Å². The molecule has 0 aromatic heterocycles. The molecule has 0 aliphatic rings. The maximum atomic E-state index is 2.66. The molecule has 1 nitrogen and oxygen atoms in total. The first-order valence-corrected chi connectivity index (χ1v) is 8.13. The zero-order chi connectivity index (χ0) is 11.5. The molecule has 0 bridgehead atoms. The molecule has 0 unspecified atom stereocenters. The van der Waals surface area contributed by atoms with E-state index in [0.717, 1.165) is 0 Å². The molecule has 0 atom stereocenters. The summed E-state index contributed by atoms with van der Waals surface area (Å²) in [6.45, 7) is 11.7. The second kappa shape index (κ2) is 10.4. The van der Waals surface area contributed by atoms with E-state index in [2.05, 4.69) is 38.0 Å². The highest BCUT2D eigenvalue weighted by Crippen LogP contribution is 2.11. The average Bonchev–Trinajstić information content (AvgIpc) is 2.24. The van der Waals surface area contributed by atoms with Crippen LogP contribution in [-0.4, -0.2) is 27.3 Å². The van der Waals surface area contributed by atoms with Gasteiger partial charge in [-0.15, -0.1) is 0 Å². The minimum Gasteiger partial charge on any atom is -0.326 e. The van der Waals surface area contributed by atoms with Gasteiger partial charge < -0.3 is 4.57 Å². The molecular formula is C13H29NSi. The third-order valence-corrected chi connectivity index (χ3v) is 4.81. The fraction of sp³-hybridized carbons (Fsp3) is 0.846. The Balaban J connectivity index is 4.03. The highest BCUT2D eigenvalue weighted by atomic mass is 28.2. The van der Waals surface area contributed by atoms with E-state index in [9.17, 15) is 0 Å². The van der Waals surface area contributed by atoms with Crippen molar-refractivity contribution in [1.82, 2.24) is 4.57 Å². The molecule has 0 aromatic rings. The molecule has 0 N–H and O–H groups in total. The molecule has 2 heteroatoms. The Bertz CT molecular complexity index is 158. The number of hydrogen-bond donors (Lipinski definition) is 0. The monoisotopic (exact) mass is 227 g/mol. The van der Waals surface area contributed by atoms with E-state index in [-0.39, 0.29) is 9.68 Å². The summed E-state index contributed by atoms with van der Waals surface area (Å²) in [4.78, 5) is 0. The summed E-state index contributed by atoms with van der Waals surface area (Å²) >= 11 is 0. The van der Waals surface area contributed by atoms with Crippen LogP contribution in [0.25, 0.3) is 0 Å². The van der Waals surface area contributed by atoms with Crippen molar-refractivity contribution in [3.8, 4) is 0 Å². The van der Waals surface area contributed by atoms with Gasteiger partial charge in [-0.2, -0.15) is 0 Å². The minimum absolute atomic E-state index is 0.102. The molecule has 0 radical (unpaired) electrons. The van der Waals surface area contributed by atoms with Gasteiger partial charge in [-0.25, -0.2) is 0 Å². The lowest BCUT2D eigenvalue weighted by Gasteiger charge is -2.17. The van der Waals surface area contributed by atoms with E-state index in [1.807, 2.05) is 0 Å². The van der Waals surface area contributed by atoms with E-state index in [0.29, 0.717) is 0 Å². The lowest BCUT2D eigenvalue weighted by atomic mass is 10.1. The van der Waals surface area contributed by atoms with Crippen LogP contribution < -0.4 is 0 Å². The lowest BCUT2D eigenvalue weighted by Crippen LogP contribution is -2.27. The summed E-state index contributed by atoms with van der Waals surface area (Å²) in [5.41, 5.74) is 4.33. The van der Waals surface area contributed by atoms with Gasteiger partial charge in [0.25, 0.3) is 0 Å². The number of rotatable bonds is 9. The van der Waals surface area contributed by atoms with E-state index in [4.69, 9.17) is 0 Å². The molecule has 0 fully saturated rings. The van der Waals surface area contributed by atoms with Gasteiger partial charge in [0.1, 0.15) is 9.68 Å². The maximum absolute atomic E-state index is 2.66. The molecule has 0 aromatic carbocycles. The Labute approximate surface area is 98.8 Å². The summed E-state index contributed by atoms with van der Waals surface area (Å²) in [6.07, 6.45) is 6.56. The van der Waals surface area contributed by atoms with Crippen LogP contribution in [0.4, 0.5) is 0 Å². The Hall–Kier alpha value is -0.0831. The quantitative estimate of drug-likeness (QED) is 0.546. The smallest absolute Gasteiger partial charge is 0.119 e. The highest BCUT2D eigenvalue weighted by Gasteiger charge is 2.00. The molecule has 90 valence electrons. The first-order chi connectivity index (χ1) is 7.28. The van der Waals surface area contributed by atoms with Gasteiger partial charge in [0, 0.05) is 0 Å². The second-order valence-electron chi connectivity index (χ2n) is 4.26. The summed E-state index contributed by atoms with van der Waals surface area (Å²) in [5.74, 6) is 0. The molecule has 0 spiro atoms. The molecule has 0 amide bonds. The summed E-state index contributed by atoms with van der Waals surface area (Å²) in [6, 6.07) is 0. The van der Waals surface area contributed by atoms with Crippen LogP contribution in [0.1, 0.15) is 59.8 Å². The number of allylic oxidation sites excluding steroid dienone is 1. The molecule has 0 saturated carbocycles. The molecule has 0 heterocycles. The van der Waals surface area contributed by atoms with E-state index in [1.165, 1.54) is 45.2 Å². The average molecular weight is 227 g/mol. The summed E-state index contributed by atoms with van der Waals surface area (Å²) in [5, 5.41) is 0. The van der Waals surface area contributed by atoms with Gasteiger partial charge in [-0.3, -0.25) is 0 Å². The van der Waals surface area contributed by atoms with Crippen LogP contribution in [-0.2, 0) is 0 Å². The van der Waals surface area contributed by atoms with Crippen LogP contribution in [0.15, 0.2) is 11.3 Å². The highest BCUT2D eigenvalue weighted by molar-refractivity contribution is 6.38. The van der Waals surface area contributed by atoms with Crippen LogP contribution >= 0.6 is 0 Å². The van der Waals surface area contributed by atoms with Crippen molar-refractivity contribution in [1.29, 1.82) is 0 Å². The van der Waals surface area contributed by atoms with Crippen LogP contribution in [0, 0.1) is 0 Å². The van der Waals surface area contributed by atoms with Crippen molar-refractivity contribution in [2.24, 2.45) is 0 Å². The Morgan fingerprint density at radius 2 is 1.60 bits per heavy atom. The fourth-order valence-electron chi connectivity index (χ4n) is 1.92. The summed E-state index contributed by atoms with van der Waals surface area (Å²) in [7, 11) is -0.102. The normalized spacial score (nSPS) is 11.5. The predicted octanol–water partition coefficient (Wildman–Crippen LogP) is 3.29. The van der Waals surface area contributed by atoms with E-state index in [1.54, 1.807) is 5.57 Å². The van der Waals surface area contributed by atoms with Gasteiger partial charge in [0.15, 0.2) is 0 Å². The van der Waals surface area contributed by atoms with Crippen molar-refractivity contribution < 1.29 is 0 Å². The van der Waals surface area contributed by atoms with Crippen molar-refractivity contribution in [3.63, 3.8) is 0 Å². The van der Waals surface area contributed by atoms with Crippen molar-refractivity contribution in [3.05, 3.63) is 11.3 Å². The fourth-order valence-corrected chi connectivity index (χ4v) is 3.61. The molecule has 0 saturated heterocycles. The van der Waals surface area contributed by atoms with Gasteiger partial charge in [0.2, 0.25) is 0 Å². The third-order valence-electron chi connectivity index (χ3n) is 2.77. The van der Waals surface area contributed by atoms with E-state index >= 15 is 0 Å². The lowest BCUT2D eigenvalue weighted by molar-refractivity contribution is 0.469. The second-order valence-corrected chi connectivity index (χ2v) is 5.92. The molecular weight excluding hydrogens is 198 g/mol. The first-order valence-electron chi connectivity index (χ1n) is 6.68. The molecule has 0 aliphatic heterocycles. The molecule has 0 aliphatic carbocycles. The molecule has 0 rings (SSSR count). The Morgan fingerprint density at radius 1 is 1.00 bits per heavy atom. The Kier molecular flexibility index (Phi) is 10.4. The Morgan fingerprint density at radius 3 is 2.00 bits per heavy atom. The topological polar surface area (TPSA) is 3.24 Å². The van der Waals surface area contributed by atoms with Crippen LogP contribution in [0.5, 0.6) is 0 Å². The van der Waals surface area contributed by atoms with Gasteiger partial charge in [-0.1, -0.05) is 51.8 Å². The van der Waals surface area contributed by atoms with Crippen molar-refractivity contribution in [2.45, 2.75) is 59.8 Å². The standard InChI is InChI=1S/C13H29NSi/c1-5-9-13(10-6-2)12-15-14(8-4)11-7-3/h12H,5-11,15H2,1-4H3. The van der Waals surface area contributed by atoms with Gasteiger partial charge in [0.05, 0.1) is 0 Å². The SMILES string of the molecule is CCCC(=C[SiH2]N(CC)CCC)CCC. The third kappa shape index (κ3) is 7.80. The minimum atomic E-state index is -0.102. The summed E-state index contributed by atoms with van der Waals surface area (Å²) < 4.78 is 2.66. The van der Waals surface area contributed by atoms with Crippen molar-refractivity contribution in [2.75, 3.05) is 13.1 Å². The predicted molar refractivity (Wildman–Crippen MR) is 74.0 cm³/mol. The number of nitrogens with zero attached hydrogens (tertiary/aromatic N) is 1. The maximum Gasteiger partial charge on any atom is 0.119 e.